The molecule has 1 aliphatic carbocycles. The summed E-state index contributed by atoms with van der Waals surface area (Å²) in [6.07, 6.45) is 4.35. The van der Waals surface area contributed by atoms with E-state index in [2.05, 4.69) is 16.7 Å². The van der Waals surface area contributed by atoms with Gasteiger partial charge in [0.2, 0.25) is 5.91 Å². The third kappa shape index (κ3) is 3.61. The fourth-order valence-electron chi connectivity index (χ4n) is 4.44. The Hall–Kier alpha value is -1.91. The van der Waals surface area contributed by atoms with E-state index in [1.165, 1.54) is 0 Å². The average molecular weight is 389 g/mol. The highest BCUT2D eigenvalue weighted by Gasteiger charge is 2.43. The van der Waals surface area contributed by atoms with Gasteiger partial charge in [0.1, 0.15) is 5.82 Å². The van der Waals surface area contributed by atoms with Crippen LogP contribution < -0.4 is 10.6 Å². The topological polar surface area (TPSA) is 41.1 Å². The highest BCUT2D eigenvalue weighted by molar-refractivity contribution is 5.99. The molecule has 1 fully saturated rings. The Balaban J connectivity index is 0.00000210. The van der Waals surface area contributed by atoms with Gasteiger partial charge in [-0.25, -0.2) is 4.39 Å². The molecule has 2 aromatic carbocycles. The summed E-state index contributed by atoms with van der Waals surface area (Å²) in [6, 6.07) is 11.8. The Bertz CT molecular complexity index is 846. The Morgan fingerprint density at radius 1 is 1.19 bits per heavy atom. The number of anilines is 1. The molecule has 1 saturated carbocycles. The van der Waals surface area contributed by atoms with Gasteiger partial charge in [0.15, 0.2) is 0 Å². The van der Waals surface area contributed by atoms with Crippen molar-refractivity contribution in [2.75, 3.05) is 11.9 Å². The van der Waals surface area contributed by atoms with Crippen LogP contribution in [0.5, 0.6) is 0 Å². The summed E-state index contributed by atoms with van der Waals surface area (Å²) >= 11 is 0. The van der Waals surface area contributed by atoms with Crippen LogP contribution in [0.3, 0.4) is 0 Å². The molecule has 0 atom stereocenters. The number of carbonyl (C=O) groups is 1. The SMILES string of the molecule is Cc1cccc(C2(C(=O)Nc3ccc4c(c3F)CCNC4)CCCC2)c1.Cl. The van der Waals surface area contributed by atoms with E-state index < -0.39 is 5.41 Å². The first-order valence-electron chi connectivity index (χ1n) is 9.50. The van der Waals surface area contributed by atoms with Crippen molar-refractivity contribution in [1.82, 2.24) is 5.32 Å². The van der Waals surface area contributed by atoms with Crippen LogP contribution in [0.15, 0.2) is 36.4 Å². The first kappa shape index (κ1) is 19.8. The monoisotopic (exact) mass is 388 g/mol. The summed E-state index contributed by atoms with van der Waals surface area (Å²) in [4.78, 5) is 13.3. The number of rotatable bonds is 3. The molecule has 3 nitrogen and oxygen atoms in total. The lowest BCUT2D eigenvalue weighted by molar-refractivity contribution is -0.121. The van der Waals surface area contributed by atoms with Crippen LogP contribution in [-0.4, -0.2) is 12.5 Å². The summed E-state index contributed by atoms with van der Waals surface area (Å²) in [7, 11) is 0. The second kappa shape index (κ2) is 7.99. The predicted molar refractivity (Wildman–Crippen MR) is 109 cm³/mol. The summed E-state index contributed by atoms with van der Waals surface area (Å²) in [5.74, 6) is -0.344. The molecule has 1 heterocycles. The smallest absolute Gasteiger partial charge is 0.235 e. The molecule has 0 saturated heterocycles. The highest BCUT2D eigenvalue weighted by atomic mass is 35.5. The van der Waals surface area contributed by atoms with Crippen molar-refractivity contribution in [2.24, 2.45) is 0 Å². The first-order valence-corrected chi connectivity index (χ1v) is 9.50. The molecule has 144 valence electrons. The lowest BCUT2D eigenvalue weighted by Crippen LogP contribution is -2.38. The van der Waals surface area contributed by atoms with Gasteiger partial charge in [-0.1, -0.05) is 48.7 Å². The van der Waals surface area contributed by atoms with Crippen molar-refractivity contribution in [3.05, 3.63) is 64.5 Å². The molecule has 4 rings (SSSR count). The number of aryl methyl sites for hydroxylation is 1. The number of carbonyl (C=O) groups excluding carboxylic acids is 1. The van der Waals surface area contributed by atoms with Gasteiger partial charge in [-0.15, -0.1) is 12.4 Å². The summed E-state index contributed by atoms with van der Waals surface area (Å²) < 4.78 is 15.0. The third-order valence-corrected chi connectivity index (χ3v) is 5.92. The van der Waals surface area contributed by atoms with Gasteiger partial charge in [-0.05, 0) is 55.5 Å². The van der Waals surface area contributed by atoms with E-state index in [9.17, 15) is 9.18 Å². The number of halogens is 2. The van der Waals surface area contributed by atoms with Crippen molar-refractivity contribution in [2.45, 2.75) is 51.0 Å². The van der Waals surface area contributed by atoms with Crippen LogP contribution in [0.25, 0.3) is 0 Å². The molecule has 2 aliphatic rings. The van der Waals surface area contributed by atoms with Gasteiger partial charge >= 0.3 is 0 Å². The number of fused-ring (bicyclic) bond motifs is 1. The van der Waals surface area contributed by atoms with Gasteiger partial charge in [0, 0.05) is 6.54 Å². The van der Waals surface area contributed by atoms with Crippen LogP contribution >= 0.6 is 12.4 Å². The Kier molecular flexibility index (Phi) is 5.87. The normalized spacial score (nSPS) is 17.7. The van der Waals surface area contributed by atoms with E-state index in [0.29, 0.717) is 18.7 Å². The molecule has 0 radical (unpaired) electrons. The van der Waals surface area contributed by atoms with Crippen LogP contribution in [0.2, 0.25) is 0 Å². The van der Waals surface area contributed by atoms with Gasteiger partial charge in [-0.2, -0.15) is 0 Å². The molecule has 5 heteroatoms. The van der Waals surface area contributed by atoms with Crippen LogP contribution in [0.1, 0.15) is 47.9 Å². The first-order chi connectivity index (χ1) is 12.6. The quantitative estimate of drug-likeness (QED) is 0.803. The van der Waals surface area contributed by atoms with E-state index in [0.717, 1.165) is 54.5 Å². The lowest BCUT2D eigenvalue weighted by Gasteiger charge is -2.29. The number of hydrogen-bond acceptors (Lipinski definition) is 2. The van der Waals surface area contributed by atoms with Crippen molar-refractivity contribution < 1.29 is 9.18 Å². The molecule has 2 aromatic rings. The maximum absolute atomic E-state index is 15.0. The Morgan fingerprint density at radius 3 is 2.70 bits per heavy atom. The molecule has 0 spiro atoms. The number of benzene rings is 2. The zero-order chi connectivity index (χ0) is 18.1. The maximum Gasteiger partial charge on any atom is 0.235 e. The van der Waals surface area contributed by atoms with Gasteiger partial charge in [0.05, 0.1) is 11.1 Å². The molecule has 2 N–H and O–H groups in total. The molecular formula is C22H26ClFN2O. The number of hydrogen-bond donors (Lipinski definition) is 2. The zero-order valence-electron chi connectivity index (χ0n) is 15.6. The van der Waals surface area contributed by atoms with Gasteiger partial charge < -0.3 is 10.6 Å². The Labute approximate surface area is 166 Å². The molecule has 0 aromatic heterocycles. The number of amides is 1. The minimum absolute atomic E-state index is 0. The van der Waals surface area contributed by atoms with Crippen LogP contribution in [0.4, 0.5) is 10.1 Å². The van der Waals surface area contributed by atoms with Gasteiger partial charge in [-0.3, -0.25) is 4.79 Å². The average Bonchev–Trinajstić information content (AvgIpc) is 3.15. The number of nitrogens with one attached hydrogen (secondary N) is 2. The van der Waals surface area contributed by atoms with Crippen LogP contribution in [-0.2, 0) is 23.2 Å². The maximum atomic E-state index is 15.0. The van der Waals surface area contributed by atoms with Crippen molar-refractivity contribution in [3.63, 3.8) is 0 Å². The molecule has 0 unspecified atom stereocenters. The van der Waals surface area contributed by atoms with Crippen LogP contribution in [0, 0.1) is 12.7 Å². The molecule has 1 aliphatic heterocycles. The molecular weight excluding hydrogens is 363 g/mol. The molecule has 0 bridgehead atoms. The minimum Gasteiger partial charge on any atom is -0.323 e. The van der Waals surface area contributed by atoms with Gasteiger partial charge in [0.25, 0.3) is 0 Å². The lowest BCUT2D eigenvalue weighted by atomic mass is 9.77. The predicted octanol–water partition coefficient (Wildman–Crippen LogP) is 4.65. The van der Waals surface area contributed by atoms with E-state index in [1.807, 2.05) is 31.2 Å². The second-order valence-electron chi connectivity index (χ2n) is 7.60. The third-order valence-electron chi connectivity index (χ3n) is 5.92. The fraction of sp³-hybridized carbons (Fsp3) is 0.409. The van der Waals surface area contributed by atoms with E-state index >= 15 is 0 Å². The Morgan fingerprint density at radius 2 is 1.96 bits per heavy atom. The second-order valence-corrected chi connectivity index (χ2v) is 7.60. The summed E-state index contributed by atoms with van der Waals surface area (Å²) in [5, 5.41) is 6.18. The van der Waals surface area contributed by atoms with Crippen molar-refractivity contribution >= 4 is 24.0 Å². The van der Waals surface area contributed by atoms with Crippen molar-refractivity contribution in [3.8, 4) is 0 Å². The fourth-order valence-corrected chi connectivity index (χ4v) is 4.44. The minimum atomic E-state index is -0.546. The zero-order valence-corrected chi connectivity index (χ0v) is 16.4. The standard InChI is InChI=1S/C22H25FN2O.ClH/c1-15-5-4-6-17(13-15)22(10-2-3-11-22)21(26)25-19-8-7-16-14-24-12-9-18(16)20(19)23;/h4-8,13,24H,2-3,9-12,14H2,1H3,(H,25,26);1H. The summed E-state index contributed by atoms with van der Waals surface area (Å²) in [5.41, 5.74) is 3.69. The summed E-state index contributed by atoms with van der Waals surface area (Å²) in [6.45, 7) is 3.50. The largest absolute Gasteiger partial charge is 0.323 e. The molecule has 1 amide bonds. The molecule has 27 heavy (non-hydrogen) atoms. The van der Waals surface area contributed by atoms with Crippen molar-refractivity contribution in [1.29, 1.82) is 0 Å². The van der Waals surface area contributed by atoms with E-state index in [4.69, 9.17) is 0 Å². The van der Waals surface area contributed by atoms with E-state index in [-0.39, 0.29) is 24.1 Å². The van der Waals surface area contributed by atoms with E-state index in [1.54, 1.807) is 6.07 Å². The highest BCUT2D eigenvalue weighted by Crippen LogP contribution is 2.42.